The third-order valence-corrected chi connectivity index (χ3v) is 4.72. The van der Waals surface area contributed by atoms with Crippen molar-refractivity contribution in [2.24, 2.45) is 0 Å². The number of aryl methyl sites for hydroxylation is 1. The summed E-state index contributed by atoms with van der Waals surface area (Å²) in [6.07, 6.45) is 2.42. The minimum atomic E-state index is -0.376. The van der Waals surface area contributed by atoms with Gasteiger partial charge in [0.2, 0.25) is 5.13 Å². The van der Waals surface area contributed by atoms with Crippen LogP contribution in [0.1, 0.15) is 28.7 Å². The third-order valence-electron chi connectivity index (χ3n) is 4.09. The molecule has 3 aromatic heterocycles. The normalized spacial score (nSPS) is 10.9. The minimum absolute atomic E-state index is 0.212. The van der Waals surface area contributed by atoms with Gasteiger partial charge >= 0.3 is 0 Å². The number of anilines is 1. The number of amides is 1. The van der Waals surface area contributed by atoms with Crippen LogP contribution in [0.5, 0.6) is 0 Å². The number of aromatic nitrogens is 5. The van der Waals surface area contributed by atoms with Crippen LogP contribution in [0, 0.1) is 6.92 Å². The summed E-state index contributed by atoms with van der Waals surface area (Å²) in [6, 6.07) is 11.4. The number of hydrogen-bond donors (Lipinski definition) is 1. The number of carbonyl (C=O) groups is 1. The van der Waals surface area contributed by atoms with Crippen LogP contribution in [0.2, 0.25) is 0 Å². The maximum atomic E-state index is 12.0. The van der Waals surface area contributed by atoms with Gasteiger partial charge in [-0.25, -0.2) is 4.68 Å². The van der Waals surface area contributed by atoms with E-state index in [-0.39, 0.29) is 11.7 Å². The number of carbonyl (C=O) groups excluding carboxylic acids is 1. The fourth-order valence-corrected chi connectivity index (χ4v) is 3.16. The molecule has 0 atom stereocenters. The van der Waals surface area contributed by atoms with Crippen LogP contribution in [-0.4, -0.2) is 30.3 Å². The number of hydrogen-bond acceptors (Lipinski definition) is 7. The van der Waals surface area contributed by atoms with Gasteiger partial charge in [0, 0.05) is 11.5 Å². The summed E-state index contributed by atoms with van der Waals surface area (Å²) in [5, 5.41) is 11.5. The molecule has 27 heavy (non-hydrogen) atoms. The molecule has 0 fully saturated rings. The fraction of sp³-hybridized carbons (Fsp3) is 0.167. The number of rotatable bonds is 5. The lowest BCUT2D eigenvalue weighted by atomic mass is 10.1. The van der Waals surface area contributed by atoms with Crippen LogP contribution in [-0.2, 0) is 6.42 Å². The predicted molar refractivity (Wildman–Crippen MR) is 101 cm³/mol. The van der Waals surface area contributed by atoms with E-state index in [9.17, 15) is 4.79 Å². The van der Waals surface area contributed by atoms with Gasteiger partial charge in [-0.05, 0) is 43.2 Å². The largest absolute Gasteiger partial charge is 0.459 e. The Morgan fingerprint density at radius 2 is 2.07 bits per heavy atom. The van der Waals surface area contributed by atoms with Crippen LogP contribution in [0.4, 0.5) is 5.13 Å². The van der Waals surface area contributed by atoms with E-state index < -0.39 is 0 Å². The van der Waals surface area contributed by atoms with Crippen LogP contribution in [0.3, 0.4) is 0 Å². The molecule has 1 amide bonds. The van der Waals surface area contributed by atoms with Gasteiger partial charge in [-0.15, -0.1) is 5.10 Å². The highest BCUT2D eigenvalue weighted by Crippen LogP contribution is 2.24. The van der Waals surface area contributed by atoms with Crippen molar-refractivity contribution in [3.63, 3.8) is 0 Å². The second-order valence-corrected chi connectivity index (χ2v) is 6.56. The predicted octanol–water partition coefficient (Wildman–Crippen LogP) is 3.50. The summed E-state index contributed by atoms with van der Waals surface area (Å²) >= 11 is 1.08. The molecule has 0 aliphatic carbocycles. The first kappa shape index (κ1) is 17.1. The molecule has 0 saturated heterocycles. The van der Waals surface area contributed by atoms with Crippen molar-refractivity contribution >= 4 is 22.6 Å². The van der Waals surface area contributed by atoms with Gasteiger partial charge in [0.15, 0.2) is 17.3 Å². The zero-order chi connectivity index (χ0) is 18.8. The minimum Gasteiger partial charge on any atom is -0.459 e. The van der Waals surface area contributed by atoms with E-state index in [1.54, 1.807) is 16.8 Å². The fourth-order valence-electron chi connectivity index (χ4n) is 2.59. The Morgan fingerprint density at radius 3 is 2.78 bits per heavy atom. The maximum absolute atomic E-state index is 12.0. The highest BCUT2D eigenvalue weighted by atomic mass is 32.1. The Kier molecular flexibility index (Phi) is 4.51. The lowest BCUT2D eigenvalue weighted by Crippen LogP contribution is -2.10. The summed E-state index contributed by atoms with van der Waals surface area (Å²) in [5.74, 6) is 0.257. The molecule has 0 radical (unpaired) electrons. The average molecular weight is 380 g/mol. The molecular weight excluding hydrogens is 364 g/mol. The van der Waals surface area contributed by atoms with Crippen molar-refractivity contribution in [1.82, 2.24) is 24.4 Å². The Bertz CT molecular complexity index is 1070. The molecule has 136 valence electrons. The Labute approximate surface area is 159 Å². The Balaban J connectivity index is 1.57. The Hall–Kier alpha value is -3.33. The van der Waals surface area contributed by atoms with Gasteiger partial charge in [0.25, 0.3) is 5.91 Å². The molecule has 0 spiro atoms. The van der Waals surface area contributed by atoms with Crippen molar-refractivity contribution < 1.29 is 9.21 Å². The summed E-state index contributed by atoms with van der Waals surface area (Å²) < 4.78 is 11.1. The van der Waals surface area contributed by atoms with Crippen LogP contribution < -0.4 is 5.32 Å². The van der Waals surface area contributed by atoms with E-state index in [1.165, 1.54) is 11.8 Å². The van der Waals surface area contributed by atoms with Gasteiger partial charge in [-0.1, -0.05) is 24.3 Å². The average Bonchev–Trinajstić information content (AvgIpc) is 3.43. The molecule has 1 N–H and O–H groups in total. The lowest BCUT2D eigenvalue weighted by Gasteiger charge is -2.04. The van der Waals surface area contributed by atoms with Gasteiger partial charge in [-0.3, -0.25) is 10.1 Å². The third kappa shape index (κ3) is 3.36. The molecule has 3 heterocycles. The zero-order valence-corrected chi connectivity index (χ0v) is 15.5. The highest BCUT2D eigenvalue weighted by Gasteiger charge is 2.18. The molecule has 4 rings (SSSR count). The number of nitrogens with one attached hydrogen (secondary N) is 1. The van der Waals surface area contributed by atoms with Gasteiger partial charge in [0.05, 0.1) is 17.6 Å². The van der Waals surface area contributed by atoms with Crippen LogP contribution in [0.25, 0.3) is 17.2 Å². The lowest BCUT2D eigenvalue weighted by molar-refractivity contribution is 0.0996. The molecule has 0 unspecified atom stereocenters. The van der Waals surface area contributed by atoms with Crippen molar-refractivity contribution in [2.45, 2.75) is 20.3 Å². The van der Waals surface area contributed by atoms with E-state index in [0.717, 1.165) is 29.3 Å². The first-order valence-electron chi connectivity index (χ1n) is 8.36. The maximum Gasteiger partial charge on any atom is 0.293 e. The monoisotopic (exact) mass is 380 g/mol. The van der Waals surface area contributed by atoms with Crippen LogP contribution in [0.15, 0.2) is 47.1 Å². The number of benzene rings is 1. The summed E-state index contributed by atoms with van der Waals surface area (Å²) in [6.45, 7) is 4.02. The van der Waals surface area contributed by atoms with Crippen molar-refractivity contribution in [1.29, 1.82) is 0 Å². The quantitative estimate of drug-likeness (QED) is 0.569. The first-order chi connectivity index (χ1) is 13.2. The molecule has 0 aliphatic heterocycles. The second-order valence-electron chi connectivity index (χ2n) is 5.81. The topological polar surface area (TPSA) is 98.7 Å². The number of nitrogens with zero attached hydrogens (tertiary/aromatic N) is 5. The summed E-state index contributed by atoms with van der Waals surface area (Å²) in [7, 11) is 0. The molecular formula is C18H16N6O2S. The van der Waals surface area contributed by atoms with Gasteiger partial charge in [0.1, 0.15) is 0 Å². The number of furan rings is 1. The highest BCUT2D eigenvalue weighted by molar-refractivity contribution is 7.10. The van der Waals surface area contributed by atoms with Crippen molar-refractivity contribution in [3.8, 4) is 17.2 Å². The van der Waals surface area contributed by atoms with Crippen LogP contribution >= 0.6 is 11.5 Å². The SMILES string of the molecule is CCc1ccc(-n2nnc(-c3nsc(NC(=O)c4ccco4)n3)c2C)cc1. The molecule has 9 heteroatoms. The molecule has 0 aliphatic rings. The first-order valence-corrected chi connectivity index (χ1v) is 9.13. The molecule has 0 saturated carbocycles. The van der Waals surface area contributed by atoms with Gasteiger partial charge in [-0.2, -0.15) is 9.36 Å². The van der Waals surface area contributed by atoms with Crippen molar-refractivity contribution in [2.75, 3.05) is 5.32 Å². The van der Waals surface area contributed by atoms with E-state index in [2.05, 4.69) is 44.0 Å². The van der Waals surface area contributed by atoms with Gasteiger partial charge < -0.3 is 4.42 Å². The van der Waals surface area contributed by atoms with E-state index in [0.29, 0.717) is 16.6 Å². The standard InChI is InChI=1S/C18H16N6O2S/c1-3-12-6-8-13(9-7-12)24-11(2)15(21-23-24)16-19-18(27-22-16)20-17(25)14-5-4-10-26-14/h4-10H,3H2,1-2H3,(H,19,20,22,25). The molecule has 1 aromatic carbocycles. The van der Waals surface area contributed by atoms with Crippen molar-refractivity contribution in [3.05, 3.63) is 59.7 Å². The Morgan fingerprint density at radius 1 is 1.26 bits per heavy atom. The molecule has 0 bridgehead atoms. The van der Waals surface area contributed by atoms with E-state index >= 15 is 0 Å². The molecule has 4 aromatic rings. The molecule has 8 nitrogen and oxygen atoms in total. The van der Waals surface area contributed by atoms with E-state index in [1.807, 2.05) is 19.1 Å². The summed E-state index contributed by atoms with van der Waals surface area (Å²) in [4.78, 5) is 16.4. The zero-order valence-electron chi connectivity index (χ0n) is 14.7. The van der Waals surface area contributed by atoms with E-state index in [4.69, 9.17) is 4.42 Å². The second kappa shape index (κ2) is 7.12. The smallest absolute Gasteiger partial charge is 0.293 e. The summed E-state index contributed by atoms with van der Waals surface area (Å²) in [5.41, 5.74) is 3.57.